The highest BCUT2D eigenvalue weighted by Crippen LogP contribution is 2.35. The number of nitrogen functional groups attached to an aromatic ring is 1. The Morgan fingerprint density at radius 1 is 1.52 bits per heavy atom. The molecule has 0 radical (unpaired) electrons. The van der Waals surface area contributed by atoms with E-state index >= 15 is 0 Å². The third kappa shape index (κ3) is 3.51. The van der Waals surface area contributed by atoms with Gasteiger partial charge in [0.25, 0.3) is 5.91 Å². The molecule has 0 bridgehead atoms. The van der Waals surface area contributed by atoms with Crippen molar-refractivity contribution in [3.8, 4) is 0 Å². The molecule has 1 unspecified atom stereocenters. The molecular weight excluding hydrogens is 286 g/mol. The lowest BCUT2D eigenvalue weighted by Crippen LogP contribution is -2.24. The fraction of sp³-hybridized carbons (Fsp3) is 0.467. The van der Waals surface area contributed by atoms with Crippen LogP contribution in [0.15, 0.2) is 6.07 Å². The number of fused-ring (bicyclic) bond motifs is 1. The molecule has 2 aromatic heterocycles. The Morgan fingerprint density at radius 2 is 2.24 bits per heavy atom. The van der Waals surface area contributed by atoms with Crippen LogP contribution < -0.4 is 11.1 Å². The average Bonchev–Trinajstić information content (AvgIpc) is 2.71. The Bertz CT molecular complexity index is 664. The van der Waals surface area contributed by atoms with Gasteiger partial charge in [0.15, 0.2) is 0 Å². The topological polar surface area (TPSA) is 88.2 Å². The number of anilines is 1. The molecule has 0 aliphatic carbocycles. The second-order valence-corrected chi connectivity index (χ2v) is 6.37. The predicted molar refractivity (Wildman–Crippen MR) is 86.8 cm³/mol. The van der Waals surface area contributed by atoms with Gasteiger partial charge in [0, 0.05) is 28.0 Å². The van der Waals surface area contributed by atoms with Crippen molar-refractivity contribution < 1.29 is 9.90 Å². The highest BCUT2D eigenvalue weighted by atomic mass is 32.1. The van der Waals surface area contributed by atoms with E-state index in [4.69, 9.17) is 5.73 Å². The third-order valence-corrected chi connectivity index (χ3v) is 4.46. The fourth-order valence-corrected chi connectivity index (χ4v) is 3.51. The van der Waals surface area contributed by atoms with Gasteiger partial charge in [0.1, 0.15) is 4.88 Å². The van der Waals surface area contributed by atoms with Gasteiger partial charge in [-0.05, 0) is 39.7 Å². The minimum Gasteiger partial charge on any atom is -0.397 e. The maximum atomic E-state index is 12.2. The van der Waals surface area contributed by atoms with Crippen LogP contribution in [0.5, 0.6) is 0 Å². The number of hydrogen-bond donors (Lipinski definition) is 3. The lowest BCUT2D eigenvalue weighted by molar-refractivity contribution is 0.0954. The molecule has 2 rings (SSSR count). The van der Waals surface area contributed by atoms with E-state index in [1.165, 1.54) is 11.3 Å². The fourth-order valence-electron chi connectivity index (χ4n) is 2.33. The third-order valence-electron chi connectivity index (χ3n) is 3.31. The number of aliphatic hydroxyl groups excluding tert-OH is 1. The minimum atomic E-state index is -0.340. The van der Waals surface area contributed by atoms with E-state index in [0.717, 1.165) is 27.9 Å². The number of nitrogens with zero attached hydrogens (tertiary/aromatic N) is 1. The molecule has 4 N–H and O–H groups in total. The lowest BCUT2D eigenvalue weighted by atomic mass is 10.2. The maximum absolute atomic E-state index is 12.2. The van der Waals surface area contributed by atoms with Gasteiger partial charge in [0.05, 0.1) is 11.8 Å². The number of rotatable bonds is 5. The number of carbonyl (C=O) groups excluding carboxylic acids is 1. The molecule has 5 nitrogen and oxygen atoms in total. The van der Waals surface area contributed by atoms with Crippen molar-refractivity contribution in [3.63, 3.8) is 0 Å². The summed E-state index contributed by atoms with van der Waals surface area (Å²) in [7, 11) is 0. The zero-order chi connectivity index (χ0) is 15.6. The standard InChI is InChI=1S/C15H21N3O2S/c1-8-7-11-12(10(3)18-8)13(16)14(21-11)15(20)17-6-4-5-9(2)19/h7,9,19H,4-6,16H2,1-3H3,(H,17,20). The highest BCUT2D eigenvalue weighted by molar-refractivity contribution is 7.21. The van der Waals surface area contributed by atoms with Crippen molar-refractivity contribution in [1.82, 2.24) is 10.3 Å². The monoisotopic (exact) mass is 307 g/mol. The summed E-state index contributed by atoms with van der Waals surface area (Å²) in [4.78, 5) is 17.1. The first-order chi connectivity index (χ1) is 9.90. The average molecular weight is 307 g/mol. The van der Waals surface area contributed by atoms with Crippen LogP contribution in [-0.4, -0.2) is 28.6 Å². The number of aliphatic hydroxyl groups is 1. The second-order valence-electron chi connectivity index (χ2n) is 5.31. The van der Waals surface area contributed by atoms with Gasteiger partial charge in [-0.15, -0.1) is 11.3 Å². The van der Waals surface area contributed by atoms with Crippen molar-refractivity contribution in [2.75, 3.05) is 12.3 Å². The van der Waals surface area contributed by atoms with E-state index < -0.39 is 0 Å². The van der Waals surface area contributed by atoms with Gasteiger partial charge in [0.2, 0.25) is 0 Å². The number of carbonyl (C=O) groups is 1. The Kier molecular flexibility index (Phi) is 4.80. The van der Waals surface area contributed by atoms with E-state index in [1.54, 1.807) is 6.92 Å². The number of hydrogen-bond acceptors (Lipinski definition) is 5. The van der Waals surface area contributed by atoms with E-state index in [2.05, 4.69) is 10.3 Å². The molecular formula is C15H21N3O2S. The van der Waals surface area contributed by atoms with Gasteiger partial charge in [-0.2, -0.15) is 0 Å². The Labute approximate surface area is 128 Å². The quantitative estimate of drug-likeness (QED) is 0.740. The van der Waals surface area contributed by atoms with E-state index in [9.17, 15) is 9.90 Å². The van der Waals surface area contributed by atoms with E-state index in [-0.39, 0.29) is 12.0 Å². The number of aromatic nitrogens is 1. The summed E-state index contributed by atoms with van der Waals surface area (Å²) < 4.78 is 0.992. The number of nitrogens with one attached hydrogen (secondary N) is 1. The van der Waals surface area contributed by atoms with Gasteiger partial charge in [-0.1, -0.05) is 0 Å². The highest BCUT2D eigenvalue weighted by Gasteiger charge is 2.18. The molecule has 114 valence electrons. The second kappa shape index (κ2) is 6.41. The van der Waals surface area contributed by atoms with Crippen LogP contribution in [0.4, 0.5) is 5.69 Å². The summed E-state index contributed by atoms with van der Waals surface area (Å²) in [5.41, 5.74) is 8.40. The Balaban J connectivity index is 2.16. The summed E-state index contributed by atoms with van der Waals surface area (Å²) in [6.07, 6.45) is 1.08. The smallest absolute Gasteiger partial charge is 0.263 e. The summed E-state index contributed by atoms with van der Waals surface area (Å²) in [5.74, 6) is -0.156. The first-order valence-corrected chi connectivity index (χ1v) is 7.84. The molecule has 0 aromatic carbocycles. The number of amides is 1. The lowest BCUT2D eigenvalue weighted by Gasteiger charge is -2.06. The molecule has 0 saturated heterocycles. The molecule has 1 amide bonds. The zero-order valence-electron chi connectivity index (χ0n) is 12.6. The largest absolute Gasteiger partial charge is 0.397 e. The van der Waals surface area contributed by atoms with Gasteiger partial charge < -0.3 is 16.2 Å². The molecule has 2 heterocycles. The van der Waals surface area contributed by atoms with E-state index in [0.29, 0.717) is 23.5 Å². The van der Waals surface area contributed by atoms with Crippen molar-refractivity contribution in [3.05, 3.63) is 22.3 Å². The van der Waals surface area contributed by atoms with Crippen LogP contribution in [0.2, 0.25) is 0 Å². The minimum absolute atomic E-state index is 0.156. The maximum Gasteiger partial charge on any atom is 0.263 e. The molecule has 0 aliphatic rings. The summed E-state index contributed by atoms with van der Waals surface area (Å²) >= 11 is 1.40. The van der Waals surface area contributed by atoms with Crippen molar-refractivity contribution >= 4 is 33.0 Å². The number of aryl methyl sites for hydroxylation is 2. The molecule has 0 spiro atoms. The first kappa shape index (κ1) is 15.7. The number of thiophene rings is 1. The Hall–Kier alpha value is -1.66. The summed E-state index contributed by atoms with van der Waals surface area (Å²) in [6, 6.07) is 1.95. The molecule has 6 heteroatoms. The molecule has 0 fully saturated rings. The molecule has 0 aliphatic heterocycles. The summed E-state index contributed by atoms with van der Waals surface area (Å²) in [6.45, 7) is 6.11. The normalized spacial score (nSPS) is 12.6. The predicted octanol–water partition coefficient (Wildman–Crippen LogP) is 2.39. The van der Waals surface area contributed by atoms with Crippen LogP contribution in [0.3, 0.4) is 0 Å². The van der Waals surface area contributed by atoms with Gasteiger partial charge in [-0.25, -0.2) is 0 Å². The SMILES string of the molecule is Cc1cc2sc(C(=O)NCCCC(C)O)c(N)c2c(C)n1. The number of nitrogens with two attached hydrogens (primary N) is 1. The van der Waals surface area contributed by atoms with E-state index in [1.807, 2.05) is 19.9 Å². The van der Waals surface area contributed by atoms with Crippen LogP contribution in [0.1, 0.15) is 40.8 Å². The molecule has 21 heavy (non-hydrogen) atoms. The Morgan fingerprint density at radius 3 is 2.90 bits per heavy atom. The van der Waals surface area contributed by atoms with Crippen molar-refractivity contribution in [2.45, 2.75) is 39.7 Å². The molecule has 0 saturated carbocycles. The first-order valence-electron chi connectivity index (χ1n) is 7.02. The molecule has 1 atom stereocenters. The molecule has 2 aromatic rings. The van der Waals surface area contributed by atoms with Crippen LogP contribution in [0.25, 0.3) is 10.1 Å². The number of pyridine rings is 1. The zero-order valence-corrected chi connectivity index (χ0v) is 13.4. The van der Waals surface area contributed by atoms with Crippen LogP contribution in [0, 0.1) is 13.8 Å². The van der Waals surface area contributed by atoms with Crippen molar-refractivity contribution in [1.29, 1.82) is 0 Å². The van der Waals surface area contributed by atoms with Crippen LogP contribution in [-0.2, 0) is 0 Å². The van der Waals surface area contributed by atoms with Crippen LogP contribution >= 0.6 is 11.3 Å². The van der Waals surface area contributed by atoms with Gasteiger partial charge in [-0.3, -0.25) is 9.78 Å². The van der Waals surface area contributed by atoms with Gasteiger partial charge >= 0.3 is 0 Å². The summed E-state index contributed by atoms with van der Waals surface area (Å²) in [5, 5.41) is 12.9. The van der Waals surface area contributed by atoms with Crippen molar-refractivity contribution in [2.24, 2.45) is 0 Å².